The lowest BCUT2D eigenvalue weighted by Gasteiger charge is -2.28. The van der Waals surface area contributed by atoms with Gasteiger partial charge < -0.3 is 14.4 Å². The van der Waals surface area contributed by atoms with Gasteiger partial charge in [-0.25, -0.2) is 9.37 Å². The van der Waals surface area contributed by atoms with Crippen LogP contribution in [0.25, 0.3) is 33.7 Å². The highest BCUT2D eigenvalue weighted by Crippen LogP contribution is 2.32. The van der Waals surface area contributed by atoms with Crippen molar-refractivity contribution >= 4 is 10.9 Å². The number of furan rings is 1. The van der Waals surface area contributed by atoms with Crippen molar-refractivity contribution in [3.05, 3.63) is 99.9 Å². The van der Waals surface area contributed by atoms with Gasteiger partial charge >= 0.3 is 0 Å². The molecule has 4 heterocycles. The number of halogens is 1. The van der Waals surface area contributed by atoms with E-state index < -0.39 is 0 Å². The molecule has 0 fully saturated rings. The van der Waals surface area contributed by atoms with Crippen LogP contribution in [0.2, 0.25) is 0 Å². The smallest absolute Gasteiger partial charge is 0.256 e. The largest absolute Gasteiger partial charge is 0.461 e. The molecule has 0 saturated carbocycles. The molecule has 7 heteroatoms. The number of fused-ring (bicyclic) bond motifs is 2. The Balaban J connectivity index is 1.35. The zero-order valence-electron chi connectivity index (χ0n) is 17.8. The van der Waals surface area contributed by atoms with Crippen LogP contribution in [0.15, 0.2) is 76.1 Å². The molecule has 5 aromatic rings. The number of H-pyrrole nitrogens is 2. The molecule has 33 heavy (non-hydrogen) atoms. The van der Waals surface area contributed by atoms with Crippen molar-refractivity contribution in [3.63, 3.8) is 0 Å². The summed E-state index contributed by atoms with van der Waals surface area (Å²) in [6, 6.07) is 18.2. The van der Waals surface area contributed by atoms with Crippen LogP contribution in [0.5, 0.6) is 0 Å². The number of nitrogens with zero attached hydrogens (tertiary/aromatic N) is 2. The van der Waals surface area contributed by atoms with Gasteiger partial charge in [-0.3, -0.25) is 9.69 Å². The van der Waals surface area contributed by atoms with E-state index >= 15 is 0 Å². The maximum absolute atomic E-state index is 13.5. The van der Waals surface area contributed by atoms with Crippen LogP contribution in [0.4, 0.5) is 4.39 Å². The molecule has 0 bridgehead atoms. The van der Waals surface area contributed by atoms with Gasteiger partial charge in [-0.1, -0.05) is 18.2 Å². The zero-order chi connectivity index (χ0) is 22.4. The van der Waals surface area contributed by atoms with Crippen molar-refractivity contribution in [2.24, 2.45) is 0 Å². The number of nitrogens with one attached hydrogen (secondary N) is 2. The van der Waals surface area contributed by atoms with Gasteiger partial charge in [-0.05, 0) is 53.6 Å². The summed E-state index contributed by atoms with van der Waals surface area (Å²) in [7, 11) is 0. The SMILES string of the molecule is O=c1[nH]c(-c2ccco2)nc2c1CN(Cc1c(-c3ccc(F)cc3)[nH]c3ccccc13)CC2. The summed E-state index contributed by atoms with van der Waals surface area (Å²) in [6.45, 7) is 1.96. The second kappa shape index (κ2) is 7.86. The number of hydrogen-bond acceptors (Lipinski definition) is 4. The average molecular weight is 440 g/mol. The first-order valence-corrected chi connectivity index (χ1v) is 10.9. The Morgan fingerprint density at radius 3 is 2.70 bits per heavy atom. The highest BCUT2D eigenvalue weighted by Gasteiger charge is 2.24. The summed E-state index contributed by atoms with van der Waals surface area (Å²) >= 11 is 0. The summed E-state index contributed by atoms with van der Waals surface area (Å²) in [6.07, 6.45) is 2.25. The molecule has 2 aromatic carbocycles. The molecule has 6 rings (SSSR count). The maximum atomic E-state index is 13.5. The molecule has 0 aliphatic carbocycles. The van der Waals surface area contributed by atoms with E-state index in [4.69, 9.17) is 4.42 Å². The summed E-state index contributed by atoms with van der Waals surface area (Å²) in [5, 5.41) is 1.13. The molecule has 0 amide bonds. The minimum Gasteiger partial charge on any atom is -0.461 e. The quantitative estimate of drug-likeness (QED) is 0.418. The lowest BCUT2D eigenvalue weighted by molar-refractivity contribution is 0.243. The van der Waals surface area contributed by atoms with E-state index in [1.165, 1.54) is 12.1 Å². The van der Waals surface area contributed by atoms with Crippen molar-refractivity contribution < 1.29 is 8.81 Å². The number of hydrogen-bond donors (Lipinski definition) is 2. The van der Waals surface area contributed by atoms with Crippen LogP contribution in [0, 0.1) is 5.82 Å². The maximum Gasteiger partial charge on any atom is 0.256 e. The molecule has 0 atom stereocenters. The molecule has 0 unspecified atom stereocenters. The van der Waals surface area contributed by atoms with Crippen molar-refractivity contribution in [2.75, 3.05) is 6.54 Å². The summed E-state index contributed by atoms with van der Waals surface area (Å²) in [4.78, 5) is 26.1. The lowest BCUT2D eigenvalue weighted by Crippen LogP contribution is -2.35. The minimum atomic E-state index is -0.260. The van der Waals surface area contributed by atoms with Gasteiger partial charge in [0.25, 0.3) is 5.56 Å². The van der Waals surface area contributed by atoms with E-state index in [9.17, 15) is 9.18 Å². The number of aromatic nitrogens is 3. The monoisotopic (exact) mass is 440 g/mol. The fourth-order valence-corrected chi connectivity index (χ4v) is 4.60. The summed E-state index contributed by atoms with van der Waals surface area (Å²) in [5.74, 6) is 0.761. The number of benzene rings is 2. The second-order valence-corrected chi connectivity index (χ2v) is 8.31. The molecule has 1 aliphatic rings. The van der Waals surface area contributed by atoms with Gasteiger partial charge in [0, 0.05) is 37.0 Å². The number of para-hydroxylation sites is 1. The Bertz CT molecular complexity index is 1500. The van der Waals surface area contributed by atoms with Crippen LogP contribution in [-0.2, 0) is 19.5 Å². The molecular formula is C26H21FN4O2. The van der Waals surface area contributed by atoms with Gasteiger partial charge in [0.05, 0.1) is 23.2 Å². The molecular weight excluding hydrogens is 419 g/mol. The van der Waals surface area contributed by atoms with E-state index in [1.54, 1.807) is 30.5 Å². The highest BCUT2D eigenvalue weighted by atomic mass is 19.1. The van der Waals surface area contributed by atoms with Gasteiger partial charge in [0.1, 0.15) is 5.82 Å². The topological polar surface area (TPSA) is 77.9 Å². The molecule has 0 spiro atoms. The second-order valence-electron chi connectivity index (χ2n) is 8.31. The first-order chi connectivity index (χ1) is 16.2. The fraction of sp³-hybridized carbons (Fsp3) is 0.154. The van der Waals surface area contributed by atoms with Crippen molar-refractivity contribution in [2.45, 2.75) is 19.5 Å². The lowest BCUT2D eigenvalue weighted by atomic mass is 10.0. The van der Waals surface area contributed by atoms with E-state index in [1.807, 2.05) is 18.2 Å². The Morgan fingerprint density at radius 1 is 1.03 bits per heavy atom. The predicted molar refractivity (Wildman–Crippen MR) is 124 cm³/mol. The molecule has 2 N–H and O–H groups in total. The van der Waals surface area contributed by atoms with Crippen LogP contribution in [0.3, 0.4) is 0 Å². The Hall–Kier alpha value is -3.97. The Morgan fingerprint density at radius 2 is 1.88 bits per heavy atom. The van der Waals surface area contributed by atoms with E-state index in [-0.39, 0.29) is 11.4 Å². The van der Waals surface area contributed by atoms with Crippen LogP contribution >= 0.6 is 0 Å². The molecule has 164 valence electrons. The Kier molecular flexibility index (Phi) is 4.69. The van der Waals surface area contributed by atoms with Gasteiger partial charge in [-0.2, -0.15) is 0 Å². The fourth-order valence-electron chi connectivity index (χ4n) is 4.60. The van der Waals surface area contributed by atoms with Crippen molar-refractivity contribution in [1.29, 1.82) is 0 Å². The first kappa shape index (κ1) is 19.7. The third kappa shape index (κ3) is 3.56. The first-order valence-electron chi connectivity index (χ1n) is 10.9. The normalized spacial score (nSPS) is 14.0. The van der Waals surface area contributed by atoms with Gasteiger partial charge in [0.15, 0.2) is 11.6 Å². The predicted octanol–water partition coefficient (Wildman–Crippen LogP) is 4.88. The van der Waals surface area contributed by atoms with Crippen molar-refractivity contribution in [3.8, 4) is 22.8 Å². The number of aromatic amines is 2. The van der Waals surface area contributed by atoms with Crippen LogP contribution < -0.4 is 5.56 Å². The van der Waals surface area contributed by atoms with E-state index in [2.05, 4.69) is 25.9 Å². The van der Waals surface area contributed by atoms with Crippen LogP contribution in [-0.4, -0.2) is 26.4 Å². The van der Waals surface area contributed by atoms with Crippen molar-refractivity contribution in [1.82, 2.24) is 19.9 Å². The summed E-state index contributed by atoms with van der Waals surface area (Å²) < 4.78 is 18.9. The Labute approximate surface area is 188 Å². The molecule has 3 aromatic heterocycles. The molecule has 1 aliphatic heterocycles. The van der Waals surface area contributed by atoms with E-state index in [0.29, 0.717) is 36.7 Å². The van der Waals surface area contributed by atoms with Gasteiger partial charge in [0.2, 0.25) is 0 Å². The zero-order valence-corrected chi connectivity index (χ0v) is 17.8. The standard InChI is InChI=1S/C26H21FN4O2/c27-17-9-7-16(8-10-17)24-19(18-4-1-2-5-21(18)28-24)14-31-12-11-22-20(15-31)26(32)30-25(29-22)23-6-3-13-33-23/h1-10,13,28H,11-12,14-15H2,(H,29,30,32). The summed E-state index contributed by atoms with van der Waals surface area (Å²) in [5.41, 5.74) is 5.46. The third-order valence-electron chi connectivity index (χ3n) is 6.23. The van der Waals surface area contributed by atoms with Crippen LogP contribution in [0.1, 0.15) is 16.8 Å². The molecule has 6 nitrogen and oxygen atoms in total. The van der Waals surface area contributed by atoms with E-state index in [0.717, 1.165) is 40.0 Å². The van der Waals surface area contributed by atoms with Gasteiger partial charge in [-0.15, -0.1) is 0 Å². The average Bonchev–Trinajstić information content (AvgIpc) is 3.49. The molecule has 0 radical (unpaired) electrons. The third-order valence-corrected chi connectivity index (χ3v) is 6.23. The molecule has 0 saturated heterocycles. The minimum absolute atomic E-state index is 0.131. The highest BCUT2D eigenvalue weighted by molar-refractivity contribution is 5.90. The number of rotatable bonds is 4.